The van der Waals surface area contributed by atoms with Crippen LogP contribution >= 0.6 is 0 Å². The van der Waals surface area contributed by atoms with Crippen LogP contribution in [0.5, 0.6) is 5.75 Å². The van der Waals surface area contributed by atoms with Gasteiger partial charge in [-0.25, -0.2) is 9.18 Å². The summed E-state index contributed by atoms with van der Waals surface area (Å²) in [4.78, 5) is 23.3. The van der Waals surface area contributed by atoms with Crippen molar-refractivity contribution in [3.63, 3.8) is 0 Å². The zero-order valence-corrected chi connectivity index (χ0v) is 15.8. The number of ether oxygens (including phenoxy) is 1. The average molecular weight is 413 g/mol. The third-order valence-electron chi connectivity index (χ3n) is 3.91. The number of hydrogen-bond acceptors (Lipinski definition) is 3. The summed E-state index contributed by atoms with van der Waals surface area (Å²) in [7, 11) is 1.39. The third-order valence-corrected chi connectivity index (χ3v) is 3.91. The van der Waals surface area contributed by atoms with Crippen LogP contribution < -0.4 is 20.7 Å². The maximum absolute atomic E-state index is 13.4. The quantitative estimate of drug-likeness (QED) is 0.622. The molecular weight excluding hydrogens is 394 g/mol. The molecule has 0 aromatic heterocycles. The summed E-state index contributed by atoms with van der Waals surface area (Å²) >= 11 is 0. The van der Waals surface area contributed by atoms with Crippen LogP contribution in [0.3, 0.4) is 0 Å². The minimum atomic E-state index is -4.84. The topological polar surface area (TPSA) is 79.5 Å². The summed E-state index contributed by atoms with van der Waals surface area (Å²) < 4.78 is 57.1. The lowest BCUT2D eigenvalue weighted by molar-refractivity contribution is -0.140. The predicted molar refractivity (Wildman–Crippen MR) is 99.3 cm³/mol. The molecule has 0 heterocycles. The minimum absolute atomic E-state index is 0.0902. The number of benzene rings is 2. The van der Waals surface area contributed by atoms with E-state index < -0.39 is 29.6 Å². The molecule has 1 atom stereocenters. The van der Waals surface area contributed by atoms with Gasteiger partial charge in [0.2, 0.25) is 5.91 Å². The SMILES string of the molecule is COc1cc(NC(=O)NC(C)c2ccc(F)c(C(F)(F)F)c2)ccc1NC(C)=O. The molecule has 10 heteroatoms. The van der Waals surface area contributed by atoms with E-state index in [-0.39, 0.29) is 11.5 Å². The molecule has 156 valence electrons. The molecule has 2 rings (SSSR count). The Bertz CT molecular complexity index is 916. The standard InChI is InChI=1S/C19H19F4N3O3/c1-10(12-4-6-15(20)14(8-12)19(21,22)23)24-18(28)26-13-5-7-16(25-11(2)27)17(9-13)29-3/h4-10H,1-3H3,(H,25,27)(H2,24,26,28). The van der Waals surface area contributed by atoms with Crippen LogP contribution in [0.1, 0.15) is 31.0 Å². The van der Waals surface area contributed by atoms with Crippen LogP contribution in [-0.2, 0) is 11.0 Å². The van der Waals surface area contributed by atoms with Crippen molar-refractivity contribution in [3.05, 3.63) is 53.3 Å². The van der Waals surface area contributed by atoms with Gasteiger partial charge < -0.3 is 20.7 Å². The molecule has 0 saturated carbocycles. The molecule has 0 spiro atoms. The van der Waals surface area contributed by atoms with Gasteiger partial charge in [-0.1, -0.05) is 6.07 Å². The second kappa shape index (κ2) is 8.80. The number of hydrogen-bond donors (Lipinski definition) is 3. The highest BCUT2D eigenvalue weighted by Gasteiger charge is 2.34. The fourth-order valence-corrected chi connectivity index (χ4v) is 2.54. The molecule has 0 radical (unpaired) electrons. The molecule has 0 aliphatic rings. The fraction of sp³-hybridized carbons (Fsp3) is 0.263. The van der Waals surface area contributed by atoms with E-state index in [9.17, 15) is 27.2 Å². The number of halogens is 4. The first-order valence-electron chi connectivity index (χ1n) is 8.41. The summed E-state index contributed by atoms with van der Waals surface area (Å²) in [5.74, 6) is -1.38. The summed E-state index contributed by atoms with van der Waals surface area (Å²) in [6, 6.07) is 5.52. The van der Waals surface area contributed by atoms with Gasteiger partial charge in [-0.2, -0.15) is 13.2 Å². The van der Waals surface area contributed by atoms with Gasteiger partial charge in [-0.05, 0) is 36.8 Å². The van der Waals surface area contributed by atoms with E-state index in [2.05, 4.69) is 16.0 Å². The molecular formula is C19H19F4N3O3. The van der Waals surface area contributed by atoms with E-state index in [0.717, 1.165) is 0 Å². The number of anilines is 2. The monoisotopic (exact) mass is 413 g/mol. The van der Waals surface area contributed by atoms with Gasteiger partial charge in [-0.3, -0.25) is 4.79 Å². The minimum Gasteiger partial charge on any atom is -0.494 e. The highest BCUT2D eigenvalue weighted by Crippen LogP contribution is 2.33. The lowest BCUT2D eigenvalue weighted by atomic mass is 10.0. The Hall–Kier alpha value is -3.30. The van der Waals surface area contributed by atoms with Gasteiger partial charge in [0.25, 0.3) is 0 Å². The predicted octanol–water partition coefficient (Wildman–Crippen LogP) is 4.69. The Morgan fingerprint density at radius 3 is 2.34 bits per heavy atom. The maximum Gasteiger partial charge on any atom is 0.419 e. The number of alkyl halides is 3. The third kappa shape index (κ3) is 5.84. The number of amides is 3. The van der Waals surface area contributed by atoms with Crippen molar-refractivity contribution in [3.8, 4) is 5.75 Å². The Balaban J connectivity index is 2.10. The van der Waals surface area contributed by atoms with E-state index >= 15 is 0 Å². The van der Waals surface area contributed by atoms with Gasteiger partial charge in [-0.15, -0.1) is 0 Å². The molecule has 0 aliphatic carbocycles. The van der Waals surface area contributed by atoms with Crippen molar-refractivity contribution in [2.75, 3.05) is 17.7 Å². The second-order valence-electron chi connectivity index (χ2n) is 6.15. The van der Waals surface area contributed by atoms with Crippen LogP contribution in [0, 0.1) is 5.82 Å². The van der Waals surface area contributed by atoms with Gasteiger partial charge in [0.05, 0.1) is 24.4 Å². The fourth-order valence-electron chi connectivity index (χ4n) is 2.54. The van der Waals surface area contributed by atoms with Crippen molar-refractivity contribution in [1.82, 2.24) is 5.32 Å². The molecule has 6 nitrogen and oxygen atoms in total. The van der Waals surface area contributed by atoms with Crippen LogP contribution in [0.2, 0.25) is 0 Å². The summed E-state index contributed by atoms with van der Waals surface area (Å²) in [6.45, 7) is 2.80. The van der Waals surface area contributed by atoms with Crippen LogP contribution in [-0.4, -0.2) is 19.0 Å². The molecule has 2 aromatic rings. The normalized spacial score (nSPS) is 12.1. The lowest BCUT2D eigenvalue weighted by Gasteiger charge is -2.18. The first kappa shape index (κ1) is 22.0. The molecule has 0 aliphatic heterocycles. The van der Waals surface area contributed by atoms with E-state index in [1.54, 1.807) is 0 Å². The van der Waals surface area contributed by atoms with Gasteiger partial charge in [0.15, 0.2) is 0 Å². The molecule has 1 unspecified atom stereocenters. The Morgan fingerprint density at radius 2 is 1.76 bits per heavy atom. The molecule has 29 heavy (non-hydrogen) atoms. The van der Waals surface area contributed by atoms with Crippen LogP contribution in [0.4, 0.5) is 33.7 Å². The van der Waals surface area contributed by atoms with E-state index in [1.165, 1.54) is 45.2 Å². The number of carbonyl (C=O) groups is 2. The van der Waals surface area contributed by atoms with Crippen LogP contribution in [0.15, 0.2) is 36.4 Å². The smallest absolute Gasteiger partial charge is 0.419 e. The summed E-state index contributed by atoms with van der Waals surface area (Å²) in [5.41, 5.74) is -0.573. The lowest BCUT2D eigenvalue weighted by Crippen LogP contribution is -2.31. The first-order chi connectivity index (χ1) is 13.5. The Labute approximate surface area is 164 Å². The van der Waals surface area contributed by atoms with Crippen molar-refractivity contribution in [2.24, 2.45) is 0 Å². The van der Waals surface area contributed by atoms with E-state index in [0.29, 0.717) is 29.3 Å². The number of nitrogens with one attached hydrogen (secondary N) is 3. The molecule has 0 saturated heterocycles. The van der Waals surface area contributed by atoms with E-state index in [4.69, 9.17) is 4.74 Å². The molecule has 3 amide bonds. The zero-order valence-electron chi connectivity index (χ0n) is 15.8. The number of carbonyl (C=O) groups excluding carboxylic acids is 2. The van der Waals surface area contributed by atoms with Gasteiger partial charge >= 0.3 is 12.2 Å². The second-order valence-corrected chi connectivity index (χ2v) is 6.15. The summed E-state index contributed by atoms with van der Waals surface area (Å²) in [5, 5.41) is 7.56. The molecule has 0 bridgehead atoms. The van der Waals surface area contributed by atoms with Crippen molar-refractivity contribution in [1.29, 1.82) is 0 Å². The van der Waals surface area contributed by atoms with Crippen LogP contribution in [0.25, 0.3) is 0 Å². The van der Waals surface area contributed by atoms with E-state index in [1.807, 2.05) is 0 Å². The zero-order chi connectivity index (χ0) is 21.8. The average Bonchev–Trinajstić information content (AvgIpc) is 2.61. The number of rotatable bonds is 5. The molecule has 3 N–H and O–H groups in total. The summed E-state index contributed by atoms with van der Waals surface area (Å²) in [6.07, 6.45) is -4.84. The van der Waals surface area contributed by atoms with Crippen molar-refractivity contribution < 1.29 is 31.9 Å². The molecule has 2 aromatic carbocycles. The first-order valence-corrected chi connectivity index (χ1v) is 8.41. The largest absolute Gasteiger partial charge is 0.494 e. The Kier molecular flexibility index (Phi) is 6.68. The highest BCUT2D eigenvalue weighted by atomic mass is 19.4. The van der Waals surface area contributed by atoms with Gasteiger partial charge in [0, 0.05) is 18.7 Å². The number of urea groups is 1. The molecule has 0 fully saturated rings. The van der Waals surface area contributed by atoms with Crippen molar-refractivity contribution in [2.45, 2.75) is 26.1 Å². The van der Waals surface area contributed by atoms with Gasteiger partial charge in [0.1, 0.15) is 11.6 Å². The Morgan fingerprint density at radius 1 is 1.07 bits per heavy atom. The highest BCUT2D eigenvalue weighted by molar-refractivity contribution is 5.93. The maximum atomic E-state index is 13.4. The van der Waals surface area contributed by atoms with Crippen molar-refractivity contribution >= 4 is 23.3 Å². The number of methoxy groups -OCH3 is 1.